The molecule has 0 aromatic heterocycles. The SMILES string of the molecule is CCN1C(=O)c2ccc(C(F)(F)F)cc2C1=O. The van der Waals surface area contributed by atoms with Crippen LogP contribution in [0, 0.1) is 0 Å². The van der Waals surface area contributed by atoms with Crippen LogP contribution in [-0.4, -0.2) is 23.3 Å². The number of carbonyl (C=O) groups excluding carboxylic acids is 2. The third kappa shape index (κ3) is 1.69. The largest absolute Gasteiger partial charge is 0.416 e. The van der Waals surface area contributed by atoms with Gasteiger partial charge in [-0.15, -0.1) is 0 Å². The first-order valence-corrected chi connectivity index (χ1v) is 4.93. The van der Waals surface area contributed by atoms with Gasteiger partial charge >= 0.3 is 6.18 Å². The first kappa shape index (κ1) is 11.6. The van der Waals surface area contributed by atoms with Crippen LogP contribution in [-0.2, 0) is 6.18 Å². The molecule has 2 amide bonds. The number of imide groups is 1. The Bertz CT molecular complexity index is 508. The fraction of sp³-hybridized carbons (Fsp3) is 0.273. The lowest BCUT2D eigenvalue weighted by molar-refractivity contribution is -0.137. The van der Waals surface area contributed by atoms with Crippen molar-refractivity contribution >= 4 is 11.8 Å². The molecule has 6 heteroatoms. The molecular formula is C11H8F3NO2. The van der Waals surface area contributed by atoms with Gasteiger partial charge in [-0.2, -0.15) is 13.2 Å². The van der Waals surface area contributed by atoms with E-state index in [2.05, 4.69) is 0 Å². The fourth-order valence-electron chi connectivity index (χ4n) is 1.75. The minimum absolute atomic E-state index is 0.0323. The summed E-state index contributed by atoms with van der Waals surface area (Å²) >= 11 is 0. The Labute approximate surface area is 94.8 Å². The second-order valence-corrected chi connectivity index (χ2v) is 3.61. The van der Waals surface area contributed by atoms with E-state index in [1.165, 1.54) is 0 Å². The van der Waals surface area contributed by atoms with Crippen LogP contribution in [0.15, 0.2) is 18.2 Å². The molecule has 90 valence electrons. The summed E-state index contributed by atoms with van der Waals surface area (Å²) < 4.78 is 37.3. The number of benzene rings is 1. The predicted octanol–water partition coefficient (Wildman–Crippen LogP) is 2.32. The number of fused-ring (bicyclic) bond motifs is 1. The average Bonchev–Trinajstić information content (AvgIpc) is 2.50. The summed E-state index contributed by atoms with van der Waals surface area (Å²) in [5.41, 5.74) is -1.06. The van der Waals surface area contributed by atoms with Gasteiger partial charge in [-0.3, -0.25) is 14.5 Å². The van der Waals surface area contributed by atoms with Gasteiger partial charge in [-0.1, -0.05) is 0 Å². The molecule has 0 saturated heterocycles. The van der Waals surface area contributed by atoms with E-state index in [0.29, 0.717) is 0 Å². The molecule has 17 heavy (non-hydrogen) atoms. The van der Waals surface area contributed by atoms with Crippen LogP contribution in [0.3, 0.4) is 0 Å². The van der Waals surface area contributed by atoms with E-state index < -0.39 is 23.6 Å². The highest BCUT2D eigenvalue weighted by atomic mass is 19.4. The van der Waals surface area contributed by atoms with E-state index in [1.807, 2.05) is 0 Å². The minimum atomic E-state index is -4.52. The minimum Gasteiger partial charge on any atom is -0.275 e. The lowest BCUT2D eigenvalue weighted by Crippen LogP contribution is -2.29. The number of halogens is 3. The number of alkyl halides is 3. The molecular weight excluding hydrogens is 235 g/mol. The van der Waals surface area contributed by atoms with E-state index in [4.69, 9.17) is 0 Å². The highest BCUT2D eigenvalue weighted by Crippen LogP contribution is 2.33. The normalized spacial score (nSPS) is 15.4. The second kappa shape index (κ2) is 3.58. The van der Waals surface area contributed by atoms with Crippen molar-refractivity contribution in [2.75, 3.05) is 6.54 Å². The number of hydrogen-bond acceptors (Lipinski definition) is 2. The van der Waals surface area contributed by atoms with E-state index in [9.17, 15) is 22.8 Å². The molecule has 0 N–H and O–H groups in total. The van der Waals surface area contributed by atoms with Crippen molar-refractivity contribution in [2.45, 2.75) is 13.1 Å². The molecule has 1 aromatic rings. The molecule has 0 unspecified atom stereocenters. The zero-order valence-electron chi connectivity index (χ0n) is 8.84. The van der Waals surface area contributed by atoms with Crippen LogP contribution in [0.2, 0.25) is 0 Å². The molecule has 1 aliphatic heterocycles. The van der Waals surface area contributed by atoms with Crippen molar-refractivity contribution in [2.24, 2.45) is 0 Å². The zero-order chi connectivity index (χ0) is 12.8. The Morgan fingerprint density at radius 1 is 1.12 bits per heavy atom. The van der Waals surface area contributed by atoms with Crippen LogP contribution >= 0.6 is 0 Å². The monoisotopic (exact) mass is 243 g/mol. The van der Waals surface area contributed by atoms with Crippen molar-refractivity contribution in [3.8, 4) is 0 Å². The van der Waals surface area contributed by atoms with Crippen LogP contribution in [0.1, 0.15) is 33.2 Å². The Morgan fingerprint density at radius 2 is 1.71 bits per heavy atom. The summed E-state index contributed by atoms with van der Waals surface area (Å²) in [4.78, 5) is 24.2. The van der Waals surface area contributed by atoms with E-state index in [1.54, 1.807) is 6.92 Å². The summed E-state index contributed by atoms with van der Waals surface area (Å²) in [5.74, 6) is -1.21. The third-order valence-electron chi connectivity index (χ3n) is 2.61. The van der Waals surface area contributed by atoms with Gasteiger partial charge in [0.25, 0.3) is 11.8 Å². The van der Waals surface area contributed by atoms with Gasteiger partial charge < -0.3 is 0 Å². The van der Waals surface area contributed by atoms with Crippen LogP contribution in [0.5, 0.6) is 0 Å². The number of nitrogens with zero attached hydrogens (tertiary/aromatic N) is 1. The van der Waals surface area contributed by atoms with E-state index >= 15 is 0 Å². The zero-order valence-corrected chi connectivity index (χ0v) is 8.84. The van der Waals surface area contributed by atoms with Crippen LogP contribution < -0.4 is 0 Å². The maximum Gasteiger partial charge on any atom is 0.416 e. The molecule has 0 saturated carbocycles. The lowest BCUT2D eigenvalue weighted by Gasteiger charge is -2.08. The van der Waals surface area contributed by atoms with Crippen LogP contribution in [0.25, 0.3) is 0 Å². The maximum atomic E-state index is 12.4. The van der Waals surface area contributed by atoms with Crippen molar-refractivity contribution in [3.05, 3.63) is 34.9 Å². The van der Waals surface area contributed by atoms with Crippen molar-refractivity contribution in [1.29, 1.82) is 0 Å². The Morgan fingerprint density at radius 3 is 2.24 bits per heavy atom. The molecule has 0 fully saturated rings. The predicted molar refractivity (Wildman–Crippen MR) is 52.5 cm³/mol. The van der Waals surface area contributed by atoms with Gasteiger partial charge in [0.05, 0.1) is 16.7 Å². The topological polar surface area (TPSA) is 37.4 Å². The molecule has 0 spiro atoms. The number of hydrogen-bond donors (Lipinski definition) is 0. The van der Waals surface area contributed by atoms with Gasteiger partial charge in [0.1, 0.15) is 0 Å². The van der Waals surface area contributed by atoms with Gasteiger partial charge in [0.15, 0.2) is 0 Å². The molecule has 0 aliphatic carbocycles. The molecule has 2 rings (SSSR count). The highest BCUT2D eigenvalue weighted by molar-refractivity contribution is 6.21. The highest BCUT2D eigenvalue weighted by Gasteiger charge is 2.38. The number of amides is 2. The van der Waals surface area contributed by atoms with E-state index in [0.717, 1.165) is 23.1 Å². The third-order valence-corrected chi connectivity index (χ3v) is 2.61. The Kier molecular flexibility index (Phi) is 2.45. The molecule has 0 atom stereocenters. The second-order valence-electron chi connectivity index (χ2n) is 3.61. The molecule has 3 nitrogen and oxygen atoms in total. The van der Waals surface area contributed by atoms with E-state index in [-0.39, 0.29) is 17.7 Å². The van der Waals surface area contributed by atoms with Crippen molar-refractivity contribution in [1.82, 2.24) is 4.90 Å². The first-order chi connectivity index (χ1) is 7.86. The number of carbonyl (C=O) groups is 2. The molecule has 1 aliphatic rings. The summed E-state index contributed by atoms with van der Waals surface area (Å²) in [7, 11) is 0. The fourth-order valence-corrected chi connectivity index (χ4v) is 1.75. The van der Waals surface area contributed by atoms with Gasteiger partial charge in [0, 0.05) is 6.54 Å². The van der Waals surface area contributed by atoms with Gasteiger partial charge in [0.2, 0.25) is 0 Å². The van der Waals surface area contributed by atoms with Gasteiger partial charge in [-0.05, 0) is 25.1 Å². The van der Waals surface area contributed by atoms with Crippen LogP contribution in [0.4, 0.5) is 13.2 Å². The molecule has 0 radical (unpaired) electrons. The first-order valence-electron chi connectivity index (χ1n) is 4.93. The summed E-state index contributed by atoms with van der Waals surface area (Å²) in [6, 6.07) is 2.59. The molecule has 1 heterocycles. The summed E-state index contributed by atoms with van der Waals surface area (Å²) in [5, 5.41) is 0. The smallest absolute Gasteiger partial charge is 0.275 e. The van der Waals surface area contributed by atoms with Crippen molar-refractivity contribution < 1.29 is 22.8 Å². The standard InChI is InChI=1S/C11H8F3NO2/c1-2-15-9(16)7-4-3-6(11(12,13)14)5-8(7)10(15)17/h3-5H,2H2,1H3. The maximum absolute atomic E-state index is 12.4. The summed E-state index contributed by atoms with van der Waals surface area (Å²) in [6.45, 7) is 1.74. The van der Waals surface area contributed by atoms with Crippen molar-refractivity contribution in [3.63, 3.8) is 0 Å². The van der Waals surface area contributed by atoms with Gasteiger partial charge in [-0.25, -0.2) is 0 Å². The molecule has 0 bridgehead atoms. The average molecular weight is 243 g/mol. The Hall–Kier alpha value is -1.85. The molecule has 1 aromatic carbocycles. The lowest BCUT2D eigenvalue weighted by atomic mass is 10.1. The summed E-state index contributed by atoms with van der Waals surface area (Å²) in [6.07, 6.45) is -4.52. The quantitative estimate of drug-likeness (QED) is 0.710. The Balaban J connectivity index is 2.54. The number of rotatable bonds is 1.